The van der Waals surface area contributed by atoms with Gasteiger partial charge in [0.05, 0.1) is 0 Å². The lowest BCUT2D eigenvalue weighted by atomic mass is 9.98. The SMILES string of the molecule is O=C(CCCc1ccccc1Cl)N1CCCC(CO)C1. The van der Waals surface area contributed by atoms with Crippen molar-refractivity contribution < 1.29 is 9.90 Å². The Morgan fingerprint density at radius 3 is 2.95 bits per heavy atom. The van der Waals surface area contributed by atoms with Gasteiger partial charge in [-0.2, -0.15) is 0 Å². The van der Waals surface area contributed by atoms with E-state index in [-0.39, 0.29) is 18.4 Å². The second-order valence-electron chi connectivity index (χ2n) is 5.48. The first-order valence-corrected chi connectivity index (χ1v) is 7.70. The normalized spacial score (nSPS) is 19.1. The lowest BCUT2D eigenvalue weighted by Gasteiger charge is -2.32. The molecular weight excluding hydrogens is 274 g/mol. The standard InChI is InChI=1S/C16H22ClNO2/c17-15-8-2-1-6-14(15)7-3-9-16(20)18-10-4-5-13(11-18)12-19/h1-2,6,8,13,19H,3-5,7,9-12H2. The molecule has 0 radical (unpaired) electrons. The second kappa shape index (κ2) is 7.65. The number of likely N-dealkylation sites (tertiary alicyclic amines) is 1. The van der Waals surface area contributed by atoms with Crippen LogP contribution in [0.3, 0.4) is 0 Å². The van der Waals surface area contributed by atoms with E-state index in [0.717, 1.165) is 42.8 Å². The molecule has 1 heterocycles. The van der Waals surface area contributed by atoms with Crippen LogP contribution in [0.2, 0.25) is 5.02 Å². The monoisotopic (exact) mass is 295 g/mol. The molecule has 0 bridgehead atoms. The number of nitrogens with zero attached hydrogens (tertiary/aromatic N) is 1. The van der Waals surface area contributed by atoms with E-state index < -0.39 is 0 Å². The van der Waals surface area contributed by atoms with E-state index >= 15 is 0 Å². The maximum atomic E-state index is 12.1. The van der Waals surface area contributed by atoms with Crippen LogP contribution in [0.5, 0.6) is 0 Å². The molecule has 1 N–H and O–H groups in total. The topological polar surface area (TPSA) is 40.5 Å². The van der Waals surface area contributed by atoms with Gasteiger partial charge in [0, 0.05) is 31.1 Å². The average Bonchev–Trinajstić information content (AvgIpc) is 2.49. The second-order valence-corrected chi connectivity index (χ2v) is 5.88. The Morgan fingerprint density at radius 1 is 1.40 bits per heavy atom. The molecule has 1 saturated heterocycles. The Kier molecular flexibility index (Phi) is 5.86. The molecule has 1 atom stereocenters. The molecule has 110 valence electrons. The number of carbonyl (C=O) groups is 1. The maximum absolute atomic E-state index is 12.1. The highest BCUT2D eigenvalue weighted by molar-refractivity contribution is 6.31. The summed E-state index contributed by atoms with van der Waals surface area (Å²) in [6, 6.07) is 7.78. The molecule has 1 amide bonds. The van der Waals surface area contributed by atoms with E-state index in [4.69, 9.17) is 11.6 Å². The highest BCUT2D eigenvalue weighted by Gasteiger charge is 2.22. The number of aliphatic hydroxyl groups excluding tert-OH is 1. The maximum Gasteiger partial charge on any atom is 0.222 e. The summed E-state index contributed by atoms with van der Waals surface area (Å²) in [5, 5.41) is 9.97. The third kappa shape index (κ3) is 4.22. The van der Waals surface area contributed by atoms with Crippen molar-refractivity contribution in [1.82, 2.24) is 4.90 Å². The number of carbonyl (C=O) groups excluding carboxylic acids is 1. The molecule has 0 spiro atoms. The van der Waals surface area contributed by atoms with Gasteiger partial charge in [0.15, 0.2) is 0 Å². The van der Waals surface area contributed by atoms with Crippen LogP contribution in [0.15, 0.2) is 24.3 Å². The number of amides is 1. The summed E-state index contributed by atoms with van der Waals surface area (Å²) in [5.41, 5.74) is 1.11. The van der Waals surface area contributed by atoms with Gasteiger partial charge in [-0.05, 0) is 43.2 Å². The number of benzene rings is 1. The predicted octanol–water partition coefficient (Wildman–Crippen LogP) is 2.89. The minimum absolute atomic E-state index is 0.184. The largest absolute Gasteiger partial charge is 0.396 e. The summed E-state index contributed by atoms with van der Waals surface area (Å²) in [4.78, 5) is 14.0. The summed E-state index contributed by atoms with van der Waals surface area (Å²) in [7, 11) is 0. The highest BCUT2D eigenvalue weighted by Crippen LogP contribution is 2.19. The van der Waals surface area contributed by atoms with E-state index in [1.807, 2.05) is 29.2 Å². The van der Waals surface area contributed by atoms with Gasteiger partial charge in [-0.15, -0.1) is 0 Å². The molecule has 1 fully saturated rings. The van der Waals surface area contributed by atoms with Crippen molar-refractivity contribution in [2.24, 2.45) is 5.92 Å². The molecule has 1 aliphatic rings. The van der Waals surface area contributed by atoms with E-state index in [9.17, 15) is 9.90 Å². The third-order valence-corrected chi connectivity index (χ3v) is 4.29. The zero-order valence-electron chi connectivity index (χ0n) is 11.7. The lowest BCUT2D eigenvalue weighted by molar-refractivity contribution is -0.133. The number of rotatable bonds is 5. The van der Waals surface area contributed by atoms with Crippen molar-refractivity contribution in [3.8, 4) is 0 Å². The van der Waals surface area contributed by atoms with Crippen LogP contribution in [0.4, 0.5) is 0 Å². The van der Waals surface area contributed by atoms with Crippen LogP contribution < -0.4 is 0 Å². The Labute approximate surface area is 125 Å². The first kappa shape index (κ1) is 15.3. The highest BCUT2D eigenvalue weighted by atomic mass is 35.5. The van der Waals surface area contributed by atoms with Gasteiger partial charge >= 0.3 is 0 Å². The van der Waals surface area contributed by atoms with Crippen LogP contribution in [0.25, 0.3) is 0 Å². The molecule has 20 heavy (non-hydrogen) atoms. The lowest BCUT2D eigenvalue weighted by Crippen LogP contribution is -2.40. The minimum atomic E-state index is 0.184. The van der Waals surface area contributed by atoms with E-state index in [2.05, 4.69) is 0 Å². The molecule has 0 aromatic heterocycles. The average molecular weight is 296 g/mol. The Balaban J connectivity index is 1.76. The van der Waals surface area contributed by atoms with Gasteiger partial charge in [0.2, 0.25) is 5.91 Å². The Hall–Kier alpha value is -1.06. The Bertz CT molecular complexity index is 450. The van der Waals surface area contributed by atoms with Gasteiger partial charge in [-0.3, -0.25) is 4.79 Å². The predicted molar refractivity (Wildman–Crippen MR) is 80.8 cm³/mol. The van der Waals surface area contributed by atoms with Crippen molar-refractivity contribution >= 4 is 17.5 Å². The number of hydrogen-bond acceptors (Lipinski definition) is 2. The van der Waals surface area contributed by atoms with Gasteiger partial charge in [-0.25, -0.2) is 0 Å². The molecule has 0 saturated carbocycles. The zero-order chi connectivity index (χ0) is 14.4. The number of aryl methyl sites for hydroxylation is 1. The first-order chi connectivity index (χ1) is 9.70. The molecule has 1 aliphatic heterocycles. The van der Waals surface area contributed by atoms with Crippen molar-refractivity contribution in [3.63, 3.8) is 0 Å². The summed E-state index contributed by atoms with van der Waals surface area (Å²) in [6.07, 6.45) is 4.25. The number of aliphatic hydroxyl groups is 1. The summed E-state index contributed by atoms with van der Waals surface area (Å²) >= 11 is 6.10. The van der Waals surface area contributed by atoms with Crippen LogP contribution in [0, 0.1) is 5.92 Å². The summed E-state index contributed by atoms with van der Waals surface area (Å²) in [5.74, 6) is 0.464. The molecular formula is C16H22ClNO2. The van der Waals surface area contributed by atoms with E-state index in [1.54, 1.807) is 0 Å². The van der Waals surface area contributed by atoms with Crippen molar-refractivity contribution in [3.05, 3.63) is 34.9 Å². The number of halogens is 1. The zero-order valence-corrected chi connectivity index (χ0v) is 12.5. The van der Waals surface area contributed by atoms with Crippen molar-refractivity contribution in [1.29, 1.82) is 0 Å². The fourth-order valence-electron chi connectivity index (χ4n) is 2.73. The van der Waals surface area contributed by atoms with Gasteiger partial charge in [0.25, 0.3) is 0 Å². The van der Waals surface area contributed by atoms with Crippen LogP contribution in [-0.2, 0) is 11.2 Å². The van der Waals surface area contributed by atoms with Crippen LogP contribution in [-0.4, -0.2) is 35.6 Å². The molecule has 4 heteroatoms. The molecule has 1 unspecified atom stereocenters. The number of piperidine rings is 1. The fraction of sp³-hybridized carbons (Fsp3) is 0.562. The smallest absolute Gasteiger partial charge is 0.222 e. The van der Waals surface area contributed by atoms with Crippen LogP contribution in [0.1, 0.15) is 31.2 Å². The third-order valence-electron chi connectivity index (χ3n) is 3.92. The van der Waals surface area contributed by atoms with Crippen LogP contribution >= 0.6 is 11.6 Å². The number of hydrogen-bond donors (Lipinski definition) is 1. The van der Waals surface area contributed by atoms with Gasteiger partial charge in [0.1, 0.15) is 0 Å². The van der Waals surface area contributed by atoms with Gasteiger partial charge in [-0.1, -0.05) is 29.8 Å². The molecule has 1 aromatic carbocycles. The minimum Gasteiger partial charge on any atom is -0.396 e. The Morgan fingerprint density at radius 2 is 2.20 bits per heavy atom. The molecule has 3 nitrogen and oxygen atoms in total. The fourth-order valence-corrected chi connectivity index (χ4v) is 2.96. The van der Waals surface area contributed by atoms with Gasteiger partial charge < -0.3 is 10.0 Å². The van der Waals surface area contributed by atoms with Crippen molar-refractivity contribution in [2.45, 2.75) is 32.1 Å². The van der Waals surface area contributed by atoms with Crippen molar-refractivity contribution in [2.75, 3.05) is 19.7 Å². The molecule has 1 aromatic rings. The summed E-state index contributed by atoms with van der Waals surface area (Å²) < 4.78 is 0. The molecule has 0 aliphatic carbocycles. The summed E-state index contributed by atoms with van der Waals surface area (Å²) in [6.45, 7) is 1.73. The quantitative estimate of drug-likeness (QED) is 0.907. The molecule has 2 rings (SSSR count). The first-order valence-electron chi connectivity index (χ1n) is 7.32. The van der Waals surface area contributed by atoms with E-state index in [0.29, 0.717) is 13.0 Å². The van der Waals surface area contributed by atoms with E-state index in [1.165, 1.54) is 0 Å².